The van der Waals surface area contributed by atoms with E-state index in [-0.39, 0.29) is 5.63 Å². The zero-order valence-corrected chi connectivity index (χ0v) is 17.2. The first-order valence-electron chi connectivity index (χ1n) is 10.3. The van der Waals surface area contributed by atoms with E-state index < -0.39 is 0 Å². The fraction of sp³-hybridized carbons (Fsp3) is 0.0357. The molecule has 0 spiro atoms. The summed E-state index contributed by atoms with van der Waals surface area (Å²) in [5, 5.41) is 0.866. The van der Waals surface area contributed by atoms with Crippen LogP contribution in [0.5, 0.6) is 17.2 Å². The van der Waals surface area contributed by atoms with Crippen LogP contribution in [0.3, 0.4) is 0 Å². The van der Waals surface area contributed by atoms with Gasteiger partial charge in [-0.2, -0.15) is 0 Å². The molecule has 4 aromatic carbocycles. The van der Waals surface area contributed by atoms with Gasteiger partial charge in [0.05, 0.1) is 0 Å². The van der Waals surface area contributed by atoms with Crippen molar-refractivity contribution < 1.29 is 13.9 Å². The average molecular weight is 420 g/mol. The lowest BCUT2D eigenvalue weighted by Gasteiger charge is -2.10. The van der Waals surface area contributed by atoms with E-state index in [2.05, 4.69) is 0 Å². The van der Waals surface area contributed by atoms with Crippen molar-refractivity contribution in [2.45, 2.75) is 6.61 Å². The van der Waals surface area contributed by atoms with Crippen LogP contribution in [0, 0.1) is 0 Å². The van der Waals surface area contributed by atoms with Gasteiger partial charge in [-0.1, -0.05) is 60.7 Å². The van der Waals surface area contributed by atoms with Crippen LogP contribution >= 0.6 is 0 Å². The molecule has 0 N–H and O–H groups in total. The Hall–Kier alpha value is -4.31. The number of rotatable bonds is 6. The standard InChI is InChI=1S/C28H20O4/c29-28-18-26(21-7-3-1-4-8-21)25-16-15-24(17-27(25)32-28)30-19-20-11-13-23(14-12-20)31-22-9-5-2-6-10-22/h1-18H,19H2. The van der Waals surface area contributed by atoms with Crippen molar-refractivity contribution in [3.8, 4) is 28.4 Å². The van der Waals surface area contributed by atoms with E-state index >= 15 is 0 Å². The molecule has 156 valence electrons. The molecule has 0 saturated heterocycles. The van der Waals surface area contributed by atoms with E-state index in [1.807, 2.05) is 97.1 Å². The molecule has 0 unspecified atom stereocenters. The molecule has 0 radical (unpaired) electrons. The summed E-state index contributed by atoms with van der Waals surface area (Å²) in [4.78, 5) is 12.1. The predicted molar refractivity (Wildman–Crippen MR) is 125 cm³/mol. The molecule has 0 atom stereocenters. The zero-order chi connectivity index (χ0) is 21.8. The Morgan fingerprint density at radius 1 is 0.656 bits per heavy atom. The Balaban J connectivity index is 1.32. The lowest BCUT2D eigenvalue weighted by Crippen LogP contribution is -1.99. The van der Waals surface area contributed by atoms with Crippen LogP contribution in [-0.2, 0) is 6.61 Å². The number of ether oxygens (including phenoxy) is 2. The van der Waals surface area contributed by atoms with Crippen LogP contribution in [0.25, 0.3) is 22.1 Å². The van der Waals surface area contributed by atoms with Gasteiger partial charge in [-0.05, 0) is 53.1 Å². The molecule has 1 aromatic heterocycles. The molecule has 0 aliphatic rings. The molecule has 1 heterocycles. The van der Waals surface area contributed by atoms with Crippen molar-refractivity contribution >= 4 is 11.0 Å². The summed E-state index contributed by atoms with van der Waals surface area (Å²) >= 11 is 0. The first kappa shape index (κ1) is 19.6. The van der Waals surface area contributed by atoms with E-state index in [4.69, 9.17) is 13.9 Å². The number of benzene rings is 4. The monoisotopic (exact) mass is 420 g/mol. The highest BCUT2D eigenvalue weighted by Gasteiger charge is 2.09. The molecular formula is C28H20O4. The van der Waals surface area contributed by atoms with Crippen molar-refractivity contribution in [1.29, 1.82) is 0 Å². The van der Waals surface area contributed by atoms with Crippen molar-refractivity contribution in [2.24, 2.45) is 0 Å². The highest BCUT2D eigenvalue weighted by molar-refractivity contribution is 5.93. The van der Waals surface area contributed by atoms with Crippen LogP contribution in [0.4, 0.5) is 0 Å². The summed E-state index contributed by atoms with van der Waals surface area (Å²) in [6.07, 6.45) is 0. The summed E-state index contributed by atoms with van der Waals surface area (Å²) < 4.78 is 17.2. The van der Waals surface area contributed by atoms with Gasteiger partial charge in [0.25, 0.3) is 0 Å². The van der Waals surface area contributed by atoms with Crippen molar-refractivity contribution in [2.75, 3.05) is 0 Å². The molecule has 0 aliphatic heterocycles. The maximum Gasteiger partial charge on any atom is 0.336 e. The molecule has 4 heteroatoms. The van der Waals surface area contributed by atoms with E-state index in [1.54, 1.807) is 6.07 Å². The van der Waals surface area contributed by atoms with Gasteiger partial charge in [-0.3, -0.25) is 0 Å². The lowest BCUT2D eigenvalue weighted by atomic mass is 10.0. The Morgan fingerprint density at radius 2 is 1.31 bits per heavy atom. The second kappa shape index (κ2) is 8.82. The summed E-state index contributed by atoms with van der Waals surface area (Å²) in [5.74, 6) is 2.19. The lowest BCUT2D eigenvalue weighted by molar-refractivity contribution is 0.306. The third kappa shape index (κ3) is 4.40. The van der Waals surface area contributed by atoms with Crippen molar-refractivity contribution in [3.63, 3.8) is 0 Å². The van der Waals surface area contributed by atoms with Gasteiger partial charge in [0.15, 0.2) is 0 Å². The minimum atomic E-state index is -0.387. The molecule has 0 saturated carbocycles. The topological polar surface area (TPSA) is 48.7 Å². The number of hydrogen-bond acceptors (Lipinski definition) is 4. The molecule has 5 rings (SSSR count). The van der Waals surface area contributed by atoms with Crippen molar-refractivity contribution in [1.82, 2.24) is 0 Å². The third-order valence-electron chi connectivity index (χ3n) is 5.11. The predicted octanol–water partition coefficient (Wildman–Crippen LogP) is 6.83. The van der Waals surface area contributed by atoms with Gasteiger partial charge in [0, 0.05) is 17.5 Å². The summed E-state index contributed by atoms with van der Waals surface area (Å²) in [6.45, 7) is 0.389. The first-order chi connectivity index (χ1) is 15.7. The molecule has 5 aromatic rings. The van der Waals surface area contributed by atoms with E-state index in [9.17, 15) is 4.79 Å². The van der Waals surface area contributed by atoms with E-state index in [1.165, 1.54) is 6.07 Å². The minimum absolute atomic E-state index is 0.387. The number of fused-ring (bicyclic) bond motifs is 1. The van der Waals surface area contributed by atoms with Crippen LogP contribution < -0.4 is 15.1 Å². The fourth-order valence-corrected chi connectivity index (χ4v) is 3.53. The minimum Gasteiger partial charge on any atom is -0.489 e. The third-order valence-corrected chi connectivity index (χ3v) is 5.11. The second-order valence-corrected chi connectivity index (χ2v) is 7.35. The van der Waals surface area contributed by atoms with Gasteiger partial charge in [-0.15, -0.1) is 0 Å². The molecule has 4 nitrogen and oxygen atoms in total. The Morgan fingerprint density at radius 3 is 2.06 bits per heavy atom. The van der Waals surface area contributed by atoms with Gasteiger partial charge in [-0.25, -0.2) is 4.79 Å². The maximum atomic E-state index is 12.1. The first-order valence-corrected chi connectivity index (χ1v) is 10.3. The van der Waals surface area contributed by atoms with Gasteiger partial charge in [0.2, 0.25) is 0 Å². The van der Waals surface area contributed by atoms with E-state index in [0.717, 1.165) is 33.6 Å². The van der Waals surface area contributed by atoms with Crippen molar-refractivity contribution in [3.05, 3.63) is 125 Å². The normalized spacial score (nSPS) is 10.8. The quantitative estimate of drug-likeness (QED) is 0.283. The fourth-order valence-electron chi connectivity index (χ4n) is 3.53. The Labute approximate surface area is 185 Å². The second-order valence-electron chi connectivity index (χ2n) is 7.35. The molecule has 32 heavy (non-hydrogen) atoms. The van der Waals surface area contributed by atoms with Gasteiger partial charge in [0.1, 0.15) is 29.4 Å². The molecule has 0 fully saturated rings. The highest BCUT2D eigenvalue weighted by atomic mass is 16.5. The number of hydrogen-bond donors (Lipinski definition) is 0. The van der Waals surface area contributed by atoms with Crippen LogP contribution in [0.15, 0.2) is 118 Å². The smallest absolute Gasteiger partial charge is 0.336 e. The Kier molecular flexibility index (Phi) is 5.41. The number of para-hydroxylation sites is 1. The summed E-state index contributed by atoms with van der Waals surface area (Å²) in [5.41, 5.74) is 2.93. The van der Waals surface area contributed by atoms with Gasteiger partial charge < -0.3 is 13.9 Å². The summed E-state index contributed by atoms with van der Waals surface area (Å²) in [7, 11) is 0. The van der Waals surface area contributed by atoms with Crippen LogP contribution in [0.1, 0.15) is 5.56 Å². The van der Waals surface area contributed by atoms with Crippen LogP contribution in [-0.4, -0.2) is 0 Å². The SMILES string of the molecule is O=c1cc(-c2ccccc2)c2ccc(OCc3ccc(Oc4ccccc4)cc3)cc2o1. The van der Waals surface area contributed by atoms with Crippen LogP contribution in [0.2, 0.25) is 0 Å². The molecule has 0 amide bonds. The summed E-state index contributed by atoms with van der Waals surface area (Å²) in [6, 6.07) is 34.3. The largest absolute Gasteiger partial charge is 0.489 e. The molecule has 0 aliphatic carbocycles. The highest BCUT2D eigenvalue weighted by Crippen LogP contribution is 2.30. The van der Waals surface area contributed by atoms with Gasteiger partial charge >= 0.3 is 5.63 Å². The average Bonchev–Trinajstić information content (AvgIpc) is 2.84. The zero-order valence-electron chi connectivity index (χ0n) is 17.2. The maximum absolute atomic E-state index is 12.1. The molecule has 0 bridgehead atoms. The Bertz CT molecular complexity index is 1390. The molecular weight excluding hydrogens is 400 g/mol. The van der Waals surface area contributed by atoms with E-state index in [0.29, 0.717) is 17.9 Å².